The Morgan fingerprint density at radius 2 is 2.10 bits per heavy atom. The highest BCUT2D eigenvalue weighted by Crippen LogP contribution is 2.19. The number of hydrogen-bond acceptors (Lipinski definition) is 6. The maximum atomic E-state index is 11.8. The molecule has 0 N–H and O–H groups in total. The summed E-state index contributed by atoms with van der Waals surface area (Å²) in [4.78, 5) is 26.1. The molecule has 0 amide bonds. The summed E-state index contributed by atoms with van der Waals surface area (Å²) < 4.78 is 5.43. The van der Waals surface area contributed by atoms with Crippen LogP contribution >= 0.6 is 11.3 Å². The molecule has 0 aliphatic rings. The first-order valence-corrected chi connectivity index (χ1v) is 6.75. The van der Waals surface area contributed by atoms with Gasteiger partial charge in [0.15, 0.2) is 11.6 Å². The van der Waals surface area contributed by atoms with E-state index in [9.17, 15) is 14.7 Å². The van der Waals surface area contributed by atoms with Gasteiger partial charge < -0.3 is 14.6 Å². The van der Waals surface area contributed by atoms with E-state index in [0.717, 1.165) is 22.5 Å². The van der Waals surface area contributed by atoms with E-state index in [1.807, 2.05) is 26.0 Å². The van der Waals surface area contributed by atoms with Crippen LogP contribution in [0.2, 0.25) is 0 Å². The number of aromatic carboxylic acids is 1. The molecule has 0 saturated carbocycles. The second-order valence-electron chi connectivity index (χ2n) is 4.31. The number of ether oxygens (including phenoxy) is 1. The quantitative estimate of drug-likeness (QED) is 0.777. The predicted molar refractivity (Wildman–Crippen MR) is 72.2 cm³/mol. The fraction of sp³-hybridized carbons (Fsp3) is 0.214. The predicted octanol–water partition coefficient (Wildman–Crippen LogP) is 1.39. The molecule has 2 rings (SSSR count). The average molecular weight is 290 g/mol. The first-order valence-electron chi connectivity index (χ1n) is 5.87. The minimum atomic E-state index is -1.39. The molecule has 104 valence electrons. The van der Waals surface area contributed by atoms with Gasteiger partial charge in [-0.2, -0.15) is 0 Å². The molecule has 1 heterocycles. The van der Waals surface area contributed by atoms with Gasteiger partial charge in [0.1, 0.15) is 5.75 Å². The van der Waals surface area contributed by atoms with Gasteiger partial charge in [-0.1, -0.05) is 17.7 Å². The van der Waals surface area contributed by atoms with Gasteiger partial charge in [-0.3, -0.25) is 4.79 Å². The lowest BCUT2D eigenvalue weighted by Crippen LogP contribution is -2.23. The summed E-state index contributed by atoms with van der Waals surface area (Å²) in [5.74, 6) is -1.13. The number of carbonyl (C=O) groups excluding carboxylic acids is 2. The van der Waals surface area contributed by atoms with Crippen molar-refractivity contribution >= 4 is 23.1 Å². The molecule has 5 nitrogen and oxygen atoms in total. The molecule has 20 heavy (non-hydrogen) atoms. The highest BCUT2D eigenvalue weighted by Gasteiger charge is 2.13. The van der Waals surface area contributed by atoms with Gasteiger partial charge in [0.05, 0.1) is 11.7 Å². The van der Waals surface area contributed by atoms with Crippen molar-refractivity contribution in [3.63, 3.8) is 0 Å². The summed E-state index contributed by atoms with van der Waals surface area (Å²) in [6.07, 6.45) is 0. The van der Waals surface area contributed by atoms with Crippen molar-refractivity contribution in [1.82, 2.24) is 4.98 Å². The van der Waals surface area contributed by atoms with E-state index >= 15 is 0 Å². The molecule has 2 aromatic rings. The Morgan fingerprint density at radius 1 is 1.35 bits per heavy atom. The van der Waals surface area contributed by atoms with Crippen molar-refractivity contribution in [2.75, 3.05) is 6.61 Å². The smallest absolute Gasteiger partial charge is 0.228 e. The molecule has 0 spiro atoms. The molecule has 0 atom stereocenters. The van der Waals surface area contributed by atoms with Gasteiger partial charge in [0, 0.05) is 5.38 Å². The maximum Gasteiger partial charge on any atom is 0.228 e. The number of carboxylic acids is 1. The molecular weight excluding hydrogens is 278 g/mol. The number of ketones is 1. The van der Waals surface area contributed by atoms with Crippen LogP contribution in [0, 0.1) is 13.8 Å². The summed E-state index contributed by atoms with van der Waals surface area (Å²) in [7, 11) is 0. The fourth-order valence-electron chi connectivity index (χ4n) is 1.66. The van der Waals surface area contributed by atoms with Crippen LogP contribution in [-0.2, 0) is 0 Å². The number of nitrogens with zero attached hydrogens (tertiary/aromatic N) is 1. The zero-order valence-electron chi connectivity index (χ0n) is 11.0. The van der Waals surface area contributed by atoms with Crippen LogP contribution in [0.4, 0.5) is 0 Å². The van der Waals surface area contributed by atoms with E-state index in [-0.39, 0.29) is 23.1 Å². The van der Waals surface area contributed by atoms with Crippen LogP contribution in [0.5, 0.6) is 5.75 Å². The van der Waals surface area contributed by atoms with E-state index in [2.05, 4.69) is 4.98 Å². The molecule has 0 aliphatic heterocycles. The number of aromatic nitrogens is 1. The van der Waals surface area contributed by atoms with Gasteiger partial charge in [-0.05, 0) is 25.5 Å². The summed E-state index contributed by atoms with van der Waals surface area (Å²) in [6, 6.07) is 5.65. The van der Waals surface area contributed by atoms with Crippen LogP contribution in [-0.4, -0.2) is 23.3 Å². The lowest BCUT2D eigenvalue weighted by atomic mass is 10.1. The second kappa shape index (κ2) is 5.83. The standard InChI is InChI=1S/C14H13NO4S/c1-8-3-4-12(9(2)5-8)19-6-11(16)13-15-10(7-20-13)14(17)18/h3-5,7H,6H2,1-2H3,(H,17,18)/p-1. The number of rotatable bonds is 5. The van der Waals surface area contributed by atoms with Gasteiger partial charge in [-0.15, -0.1) is 11.3 Å². The summed E-state index contributed by atoms with van der Waals surface area (Å²) in [6.45, 7) is 3.69. The largest absolute Gasteiger partial charge is 0.543 e. The van der Waals surface area contributed by atoms with Crippen LogP contribution in [0.3, 0.4) is 0 Å². The first-order chi connectivity index (χ1) is 9.47. The molecule has 0 saturated heterocycles. The molecular formula is C14H12NO4S-. The molecule has 0 aliphatic carbocycles. The zero-order valence-corrected chi connectivity index (χ0v) is 11.8. The molecule has 0 bridgehead atoms. The van der Waals surface area contributed by atoms with Gasteiger partial charge >= 0.3 is 0 Å². The Bertz CT molecular complexity index is 663. The Morgan fingerprint density at radius 3 is 2.70 bits per heavy atom. The molecule has 6 heteroatoms. The Hall–Kier alpha value is -2.21. The van der Waals surface area contributed by atoms with E-state index in [1.54, 1.807) is 6.07 Å². The van der Waals surface area contributed by atoms with E-state index < -0.39 is 5.97 Å². The third-order valence-corrected chi connectivity index (χ3v) is 3.52. The Kier molecular flexibility index (Phi) is 4.14. The number of hydrogen-bond donors (Lipinski definition) is 0. The number of thiazole rings is 1. The van der Waals surface area contributed by atoms with E-state index in [0.29, 0.717) is 5.75 Å². The van der Waals surface area contributed by atoms with Crippen LogP contribution in [0.25, 0.3) is 0 Å². The van der Waals surface area contributed by atoms with Crippen molar-refractivity contribution in [3.8, 4) is 5.75 Å². The van der Waals surface area contributed by atoms with Crippen LogP contribution < -0.4 is 9.84 Å². The Balaban J connectivity index is 2.02. The lowest BCUT2D eigenvalue weighted by Gasteiger charge is -2.08. The van der Waals surface area contributed by atoms with Gasteiger partial charge in [0.25, 0.3) is 0 Å². The maximum absolute atomic E-state index is 11.8. The van der Waals surface area contributed by atoms with Crippen molar-refractivity contribution in [2.45, 2.75) is 13.8 Å². The molecule has 0 fully saturated rings. The van der Waals surface area contributed by atoms with E-state index in [1.165, 1.54) is 5.38 Å². The van der Waals surface area contributed by atoms with Crippen molar-refractivity contribution in [3.05, 3.63) is 45.4 Å². The van der Waals surface area contributed by atoms with E-state index in [4.69, 9.17) is 4.74 Å². The molecule has 0 radical (unpaired) electrons. The third-order valence-electron chi connectivity index (χ3n) is 2.64. The topological polar surface area (TPSA) is 79.3 Å². The SMILES string of the molecule is Cc1ccc(OCC(=O)c2nc(C(=O)[O-])cs2)c(C)c1. The molecule has 1 aromatic heterocycles. The number of carboxylic acid groups (broad SMARTS) is 1. The summed E-state index contributed by atoms with van der Waals surface area (Å²) in [5.41, 5.74) is 1.82. The summed E-state index contributed by atoms with van der Waals surface area (Å²) in [5, 5.41) is 12.0. The second-order valence-corrected chi connectivity index (χ2v) is 5.16. The Labute approximate surface area is 119 Å². The first kappa shape index (κ1) is 14.2. The van der Waals surface area contributed by atoms with Gasteiger partial charge in [0.2, 0.25) is 5.78 Å². The molecule has 0 unspecified atom stereocenters. The van der Waals surface area contributed by atoms with Gasteiger partial charge in [-0.25, -0.2) is 4.98 Å². The number of carbonyl (C=O) groups is 2. The normalized spacial score (nSPS) is 10.3. The van der Waals surface area contributed by atoms with Crippen molar-refractivity contribution in [1.29, 1.82) is 0 Å². The number of benzene rings is 1. The lowest BCUT2D eigenvalue weighted by molar-refractivity contribution is -0.255. The fourth-order valence-corrected chi connectivity index (χ4v) is 2.38. The highest BCUT2D eigenvalue weighted by molar-refractivity contribution is 7.11. The summed E-state index contributed by atoms with van der Waals surface area (Å²) >= 11 is 0.966. The van der Waals surface area contributed by atoms with Crippen molar-refractivity contribution in [2.24, 2.45) is 0 Å². The average Bonchev–Trinajstić information content (AvgIpc) is 2.87. The minimum absolute atomic E-state index is 0.106. The van der Waals surface area contributed by atoms with Crippen LogP contribution in [0.15, 0.2) is 23.6 Å². The highest BCUT2D eigenvalue weighted by atomic mass is 32.1. The minimum Gasteiger partial charge on any atom is -0.543 e. The third kappa shape index (κ3) is 3.21. The number of Topliss-reactive ketones (excluding diaryl/α,β-unsaturated/α-hetero) is 1. The zero-order chi connectivity index (χ0) is 14.7. The number of aryl methyl sites for hydroxylation is 2. The van der Waals surface area contributed by atoms with Crippen LogP contribution in [0.1, 0.15) is 31.4 Å². The van der Waals surface area contributed by atoms with Crippen molar-refractivity contribution < 1.29 is 19.4 Å². The molecule has 1 aromatic carbocycles. The monoisotopic (exact) mass is 290 g/mol.